The molecule has 29 heavy (non-hydrogen) atoms. The van der Waals surface area contributed by atoms with Crippen LogP contribution in [-0.4, -0.2) is 18.2 Å². The Kier molecular flexibility index (Phi) is 6.48. The molecule has 2 aromatic carbocycles. The van der Waals surface area contributed by atoms with Gasteiger partial charge in [-0.05, 0) is 66.2 Å². The summed E-state index contributed by atoms with van der Waals surface area (Å²) >= 11 is 0. The zero-order valence-corrected chi connectivity index (χ0v) is 18.0. The fourth-order valence-electron chi connectivity index (χ4n) is 5.78. The molecule has 2 aliphatic heterocycles. The van der Waals surface area contributed by atoms with Gasteiger partial charge < -0.3 is 4.74 Å². The number of ether oxygens (including phenoxy) is 1. The normalized spacial score (nSPS) is 24.7. The van der Waals surface area contributed by atoms with Crippen LogP contribution in [-0.2, 0) is 12.8 Å². The molecule has 156 valence electrons. The van der Waals surface area contributed by atoms with Gasteiger partial charge in [0, 0.05) is 13.0 Å². The minimum atomic E-state index is 0. The van der Waals surface area contributed by atoms with Crippen LogP contribution >= 0.6 is 12.4 Å². The predicted octanol–water partition coefficient (Wildman–Crippen LogP) is 5.57. The zero-order valence-electron chi connectivity index (χ0n) is 17.2. The number of hydrazine groups is 1. The van der Waals surface area contributed by atoms with Crippen LogP contribution < -0.4 is 10.6 Å². The molecule has 2 atom stereocenters. The molecule has 2 aromatic rings. The van der Waals surface area contributed by atoms with Crippen LogP contribution in [0.2, 0.25) is 0 Å². The van der Waals surface area contributed by atoms with Gasteiger partial charge >= 0.3 is 0 Å². The van der Waals surface area contributed by atoms with Crippen molar-refractivity contribution in [2.45, 2.75) is 63.3 Å². The van der Waals surface area contributed by atoms with Gasteiger partial charge in [0.1, 0.15) is 5.75 Å². The lowest BCUT2D eigenvalue weighted by molar-refractivity contribution is 0.0922. The van der Waals surface area contributed by atoms with Gasteiger partial charge in [0.05, 0.1) is 12.6 Å². The quantitative estimate of drug-likeness (QED) is 0.667. The monoisotopic (exact) mass is 412 g/mol. The van der Waals surface area contributed by atoms with Crippen LogP contribution in [0.5, 0.6) is 5.75 Å². The topological polar surface area (TPSA) is 38.5 Å². The average Bonchev–Trinajstić information content (AvgIpc) is 3.41. The second-order valence-electron chi connectivity index (χ2n) is 8.95. The molecule has 1 saturated heterocycles. The second-order valence-corrected chi connectivity index (χ2v) is 8.95. The number of fused-ring (bicyclic) bond motifs is 1. The third kappa shape index (κ3) is 4.19. The average molecular weight is 413 g/mol. The van der Waals surface area contributed by atoms with Crippen molar-refractivity contribution in [2.75, 3.05) is 13.2 Å². The van der Waals surface area contributed by atoms with E-state index in [9.17, 15) is 0 Å². The van der Waals surface area contributed by atoms with Gasteiger partial charge in [-0.2, -0.15) is 0 Å². The summed E-state index contributed by atoms with van der Waals surface area (Å²) in [4.78, 5) is 0. The van der Waals surface area contributed by atoms with Gasteiger partial charge in [0.15, 0.2) is 0 Å². The minimum absolute atomic E-state index is 0. The van der Waals surface area contributed by atoms with Crippen molar-refractivity contribution in [2.24, 2.45) is 11.8 Å². The Morgan fingerprint density at radius 1 is 0.966 bits per heavy atom. The Hall–Kier alpha value is -1.55. The van der Waals surface area contributed by atoms with E-state index in [1.165, 1.54) is 61.0 Å². The van der Waals surface area contributed by atoms with E-state index >= 15 is 0 Å². The molecule has 0 amide bonds. The molecule has 3 nitrogen and oxygen atoms in total. The molecular formula is C25H33ClN2O. The van der Waals surface area contributed by atoms with E-state index in [0.29, 0.717) is 12.0 Å². The van der Waals surface area contributed by atoms with Gasteiger partial charge in [0.2, 0.25) is 0 Å². The van der Waals surface area contributed by atoms with Crippen molar-refractivity contribution < 1.29 is 4.74 Å². The number of nitrogens with zero attached hydrogens (tertiary/aromatic N) is 1. The summed E-state index contributed by atoms with van der Waals surface area (Å²) in [5.74, 6) is 8.97. The number of halogens is 1. The second kappa shape index (κ2) is 9.07. The SMILES string of the molecule is Cl.NN1CCC[C@@H](Cc2cc(C3CCCC3)cc3c2OCC3)[C@H]1c1ccccc1. The Morgan fingerprint density at radius 2 is 1.76 bits per heavy atom. The maximum atomic E-state index is 6.50. The Morgan fingerprint density at radius 3 is 2.55 bits per heavy atom. The lowest BCUT2D eigenvalue weighted by atomic mass is 9.80. The first kappa shape index (κ1) is 20.7. The molecule has 0 radical (unpaired) electrons. The number of rotatable bonds is 4. The van der Waals surface area contributed by atoms with Crippen LogP contribution in [0.4, 0.5) is 0 Å². The molecule has 1 aliphatic carbocycles. The van der Waals surface area contributed by atoms with Crippen LogP contribution in [0, 0.1) is 5.92 Å². The lowest BCUT2D eigenvalue weighted by Crippen LogP contribution is -2.44. The van der Waals surface area contributed by atoms with E-state index in [2.05, 4.69) is 47.5 Å². The third-order valence-corrected chi connectivity index (χ3v) is 7.13. The molecule has 0 unspecified atom stereocenters. The van der Waals surface area contributed by atoms with Gasteiger partial charge in [-0.15, -0.1) is 12.4 Å². The smallest absolute Gasteiger partial charge is 0.125 e. The number of nitrogens with two attached hydrogens (primary N) is 1. The highest BCUT2D eigenvalue weighted by molar-refractivity contribution is 5.85. The van der Waals surface area contributed by atoms with Crippen molar-refractivity contribution in [3.8, 4) is 5.75 Å². The number of hydrogen-bond acceptors (Lipinski definition) is 3. The maximum Gasteiger partial charge on any atom is 0.125 e. The summed E-state index contributed by atoms with van der Waals surface area (Å²) in [5, 5.41) is 2.07. The fraction of sp³-hybridized carbons (Fsp3) is 0.520. The van der Waals surface area contributed by atoms with Crippen molar-refractivity contribution in [3.05, 3.63) is 64.7 Å². The summed E-state index contributed by atoms with van der Waals surface area (Å²) < 4.78 is 6.11. The molecule has 1 saturated carbocycles. The molecule has 2 N–H and O–H groups in total. The molecule has 3 aliphatic rings. The lowest BCUT2D eigenvalue weighted by Gasteiger charge is -2.39. The Bertz CT molecular complexity index is 819. The van der Waals surface area contributed by atoms with Gasteiger partial charge in [-0.1, -0.05) is 55.3 Å². The van der Waals surface area contributed by atoms with Gasteiger partial charge in [-0.25, -0.2) is 5.01 Å². The van der Waals surface area contributed by atoms with Gasteiger partial charge in [0.25, 0.3) is 0 Å². The van der Waals surface area contributed by atoms with E-state index in [1.807, 2.05) is 0 Å². The molecule has 0 spiro atoms. The Labute approximate surface area is 181 Å². The molecule has 0 bridgehead atoms. The van der Waals surface area contributed by atoms with E-state index in [-0.39, 0.29) is 12.4 Å². The molecule has 5 rings (SSSR count). The minimum Gasteiger partial charge on any atom is -0.493 e. The van der Waals surface area contributed by atoms with Gasteiger partial charge in [-0.3, -0.25) is 5.84 Å². The highest BCUT2D eigenvalue weighted by Crippen LogP contribution is 2.42. The number of piperidine rings is 1. The fourth-order valence-corrected chi connectivity index (χ4v) is 5.78. The van der Waals surface area contributed by atoms with Crippen LogP contribution in [0.25, 0.3) is 0 Å². The number of hydrogen-bond donors (Lipinski definition) is 1. The number of benzene rings is 2. The highest BCUT2D eigenvalue weighted by Gasteiger charge is 2.33. The molecular weight excluding hydrogens is 380 g/mol. The standard InChI is InChI=1S/C25H32N2O.ClH/c26-27-13-6-11-20(24(27)19-9-2-1-3-10-19)15-23-17-22(18-7-4-5-8-18)16-21-12-14-28-25(21)23;/h1-3,9-10,16-18,20,24H,4-8,11-15,26H2;1H/t20-,24+;/m0./s1. The van der Waals surface area contributed by atoms with E-state index in [1.54, 1.807) is 5.56 Å². The first-order valence-electron chi connectivity index (χ1n) is 11.1. The van der Waals surface area contributed by atoms with E-state index in [0.717, 1.165) is 31.9 Å². The first-order chi connectivity index (χ1) is 13.8. The first-order valence-corrected chi connectivity index (χ1v) is 11.1. The van der Waals surface area contributed by atoms with E-state index < -0.39 is 0 Å². The largest absolute Gasteiger partial charge is 0.493 e. The summed E-state index contributed by atoms with van der Waals surface area (Å²) in [6.07, 6.45) is 10.0. The van der Waals surface area contributed by atoms with Crippen molar-refractivity contribution in [3.63, 3.8) is 0 Å². The molecule has 0 aromatic heterocycles. The van der Waals surface area contributed by atoms with Crippen molar-refractivity contribution >= 4 is 12.4 Å². The maximum absolute atomic E-state index is 6.50. The highest BCUT2D eigenvalue weighted by atomic mass is 35.5. The van der Waals surface area contributed by atoms with Crippen LogP contribution in [0.15, 0.2) is 42.5 Å². The van der Waals surface area contributed by atoms with E-state index in [4.69, 9.17) is 10.6 Å². The van der Waals surface area contributed by atoms with Crippen LogP contribution in [0.3, 0.4) is 0 Å². The summed E-state index contributed by atoms with van der Waals surface area (Å²) in [6.45, 7) is 1.82. The Balaban J connectivity index is 0.00000205. The van der Waals surface area contributed by atoms with Crippen molar-refractivity contribution in [1.29, 1.82) is 0 Å². The predicted molar refractivity (Wildman–Crippen MR) is 121 cm³/mol. The third-order valence-electron chi connectivity index (χ3n) is 7.13. The summed E-state index contributed by atoms with van der Waals surface area (Å²) in [6, 6.07) is 16.1. The molecule has 2 fully saturated rings. The molecule has 2 heterocycles. The molecule has 4 heteroatoms. The van der Waals surface area contributed by atoms with Crippen LogP contribution in [0.1, 0.15) is 72.7 Å². The summed E-state index contributed by atoms with van der Waals surface area (Å²) in [5.41, 5.74) is 5.78. The summed E-state index contributed by atoms with van der Waals surface area (Å²) in [7, 11) is 0. The van der Waals surface area contributed by atoms with Crippen molar-refractivity contribution in [1.82, 2.24) is 5.01 Å². The zero-order chi connectivity index (χ0) is 18.9.